The maximum absolute atomic E-state index is 12.9. The molecule has 146 valence electrons. The molecule has 0 amide bonds. The number of aryl methyl sites for hydroxylation is 1. The lowest BCUT2D eigenvalue weighted by Gasteiger charge is -2.28. The normalized spacial score (nSPS) is 20.7. The highest BCUT2D eigenvalue weighted by Gasteiger charge is 2.28. The first-order valence-electron chi connectivity index (χ1n) is 9.47. The van der Waals surface area contributed by atoms with Crippen LogP contribution in [0.3, 0.4) is 0 Å². The molecule has 1 fully saturated rings. The van der Waals surface area contributed by atoms with E-state index in [9.17, 15) is 8.42 Å². The van der Waals surface area contributed by atoms with Crippen LogP contribution in [0.25, 0.3) is 0 Å². The number of sulfonamides is 1. The molecule has 2 aromatic rings. The van der Waals surface area contributed by atoms with Gasteiger partial charge < -0.3 is 10.1 Å². The Morgan fingerprint density at radius 1 is 0.889 bits per heavy atom. The summed E-state index contributed by atoms with van der Waals surface area (Å²) in [4.78, 5) is 0.320. The van der Waals surface area contributed by atoms with Crippen molar-refractivity contribution < 1.29 is 13.2 Å². The van der Waals surface area contributed by atoms with Crippen LogP contribution < -0.4 is 14.8 Å². The van der Waals surface area contributed by atoms with Gasteiger partial charge in [-0.15, -0.1) is 0 Å². The van der Waals surface area contributed by atoms with Crippen molar-refractivity contribution >= 4 is 15.7 Å². The lowest BCUT2D eigenvalue weighted by molar-refractivity contribution is 0.415. The first-order chi connectivity index (χ1) is 13.0. The van der Waals surface area contributed by atoms with Gasteiger partial charge in [0.05, 0.1) is 12.0 Å². The fourth-order valence-electron chi connectivity index (χ4n) is 3.51. The van der Waals surface area contributed by atoms with E-state index in [-0.39, 0.29) is 12.1 Å². The molecule has 5 nitrogen and oxygen atoms in total. The van der Waals surface area contributed by atoms with Gasteiger partial charge in [-0.05, 0) is 56.2 Å². The fraction of sp³-hybridized carbons (Fsp3) is 0.429. The van der Waals surface area contributed by atoms with Crippen LogP contribution in [-0.4, -0.2) is 27.6 Å². The lowest BCUT2D eigenvalue weighted by Crippen LogP contribution is -2.46. The molecule has 0 spiro atoms. The number of anilines is 1. The molecular weight excluding hydrogens is 360 g/mol. The Morgan fingerprint density at radius 3 is 2.15 bits per heavy atom. The van der Waals surface area contributed by atoms with E-state index in [1.165, 1.54) is 0 Å². The first-order valence-corrected chi connectivity index (χ1v) is 11.0. The molecule has 2 aromatic carbocycles. The Kier molecular flexibility index (Phi) is 6.39. The molecule has 0 radical (unpaired) electrons. The van der Waals surface area contributed by atoms with Crippen LogP contribution in [0.15, 0.2) is 53.4 Å². The summed E-state index contributed by atoms with van der Waals surface area (Å²) in [7, 11) is -1.90. The van der Waals surface area contributed by atoms with Gasteiger partial charge in [0, 0.05) is 17.8 Å². The first kappa shape index (κ1) is 19.7. The zero-order valence-electron chi connectivity index (χ0n) is 15.9. The van der Waals surface area contributed by atoms with Crippen LogP contribution in [0.1, 0.15) is 37.7 Å². The summed E-state index contributed by atoms with van der Waals surface area (Å²) in [5.74, 6) is 0.804. The SMILES string of the molecule is COc1ccc(N[C@H]2CCCCC[C@@H]2NS(=O)(=O)c2ccc(C)cc2)cc1. The number of methoxy groups -OCH3 is 1. The molecule has 0 unspecified atom stereocenters. The van der Waals surface area contributed by atoms with Crippen LogP contribution in [0.4, 0.5) is 5.69 Å². The fourth-order valence-corrected chi connectivity index (χ4v) is 4.82. The average Bonchev–Trinajstić information content (AvgIpc) is 2.87. The minimum absolute atomic E-state index is 0.0566. The van der Waals surface area contributed by atoms with Crippen LogP contribution >= 0.6 is 0 Å². The van der Waals surface area contributed by atoms with Crippen LogP contribution in [0.5, 0.6) is 5.75 Å². The summed E-state index contributed by atoms with van der Waals surface area (Å²) in [5.41, 5.74) is 2.02. The van der Waals surface area contributed by atoms with Gasteiger partial charge in [-0.3, -0.25) is 0 Å². The second kappa shape index (κ2) is 8.76. The Hall–Kier alpha value is -2.05. The van der Waals surface area contributed by atoms with Gasteiger partial charge in [0.15, 0.2) is 0 Å². The number of hydrogen-bond acceptors (Lipinski definition) is 4. The minimum atomic E-state index is -3.54. The predicted octanol–water partition coefficient (Wildman–Crippen LogP) is 4.10. The Bertz CT molecular complexity index is 833. The summed E-state index contributed by atoms with van der Waals surface area (Å²) in [6.45, 7) is 1.95. The molecule has 0 heterocycles. The molecular formula is C21H28N2O3S. The van der Waals surface area contributed by atoms with Crippen LogP contribution in [0.2, 0.25) is 0 Å². The van der Waals surface area contributed by atoms with E-state index in [4.69, 9.17) is 4.74 Å². The Labute approximate surface area is 162 Å². The highest BCUT2D eigenvalue weighted by molar-refractivity contribution is 7.89. The Morgan fingerprint density at radius 2 is 1.52 bits per heavy atom. The number of benzene rings is 2. The predicted molar refractivity (Wildman–Crippen MR) is 109 cm³/mol. The van der Waals surface area contributed by atoms with Gasteiger partial charge in [0.25, 0.3) is 0 Å². The van der Waals surface area contributed by atoms with Crippen molar-refractivity contribution in [3.05, 3.63) is 54.1 Å². The number of rotatable bonds is 6. The summed E-state index contributed by atoms with van der Waals surface area (Å²) in [6.07, 6.45) is 5.02. The van der Waals surface area contributed by atoms with E-state index in [1.807, 2.05) is 43.3 Å². The highest BCUT2D eigenvalue weighted by atomic mass is 32.2. The molecule has 2 atom stereocenters. The van der Waals surface area contributed by atoms with Crippen molar-refractivity contribution in [1.29, 1.82) is 0 Å². The maximum Gasteiger partial charge on any atom is 0.240 e. The zero-order valence-corrected chi connectivity index (χ0v) is 16.8. The molecule has 2 N–H and O–H groups in total. The van der Waals surface area contributed by atoms with E-state index in [0.717, 1.165) is 49.1 Å². The van der Waals surface area contributed by atoms with Gasteiger partial charge in [-0.25, -0.2) is 13.1 Å². The smallest absolute Gasteiger partial charge is 0.240 e. The lowest BCUT2D eigenvalue weighted by atomic mass is 10.0. The Balaban J connectivity index is 1.76. The maximum atomic E-state index is 12.9. The molecule has 1 aliphatic rings. The van der Waals surface area contributed by atoms with E-state index in [0.29, 0.717) is 4.90 Å². The van der Waals surface area contributed by atoms with Crippen LogP contribution in [-0.2, 0) is 10.0 Å². The average molecular weight is 389 g/mol. The van der Waals surface area contributed by atoms with Gasteiger partial charge in [-0.1, -0.05) is 37.0 Å². The van der Waals surface area contributed by atoms with E-state index >= 15 is 0 Å². The molecule has 1 aliphatic carbocycles. The summed E-state index contributed by atoms with van der Waals surface area (Å²) < 4.78 is 33.9. The zero-order chi connectivity index (χ0) is 19.3. The molecule has 1 saturated carbocycles. The molecule has 0 aromatic heterocycles. The van der Waals surface area contributed by atoms with Gasteiger partial charge >= 0.3 is 0 Å². The number of ether oxygens (including phenoxy) is 1. The second-order valence-corrected chi connectivity index (χ2v) is 8.87. The second-order valence-electron chi connectivity index (χ2n) is 7.16. The summed E-state index contributed by atoms with van der Waals surface area (Å²) >= 11 is 0. The molecule has 0 aliphatic heterocycles. The van der Waals surface area contributed by atoms with E-state index in [1.54, 1.807) is 19.2 Å². The van der Waals surface area contributed by atoms with Crippen molar-refractivity contribution in [1.82, 2.24) is 4.72 Å². The van der Waals surface area contributed by atoms with Gasteiger partial charge in [-0.2, -0.15) is 0 Å². The van der Waals surface area contributed by atoms with E-state index in [2.05, 4.69) is 10.0 Å². The third-order valence-electron chi connectivity index (χ3n) is 5.10. The summed E-state index contributed by atoms with van der Waals surface area (Å²) in [6, 6.07) is 14.7. The highest BCUT2D eigenvalue weighted by Crippen LogP contribution is 2.24. The van der Waals surface area contributed by atoms with E-state index < -0.39 is 10.0 Å². The van der Waals surface area contributed by atoms with Crippen LogP contribution in [0, 0.1) is 6.92 Å². The van der Waals surface area contributed by atoms with Crippen molar-refractivity contribution in [2.24, 2.45) is 0 Å². The molecule has 0 bridgehead atoms. The summed E-state index contributed by atoms with van der Waals surface area (Å²) in [5, 5.41) is 3.52. The van der Waals surface area contributed by atoms with Gasteiger partial charge in [0.1, 0.15) is 5.75 Å². The van der Waals surface area contributed by atoms with Crippen molar-refractivity contribution in [2.45, 2.75) is 56.0 Å². The monoisotopic (exact) mass is 388 g/mol. The minimum Gasteiger partial charge on any atom is -0.497 e. The third-order valence-corrected chi connectivity index (χ3v) is 6.60. The topological polar surface area (TPSA) is 67.4 Å². The third kappa shape index (κ3) is 5.23. The number of hydrogen-bond donors (Lipinski definition) is 2. The molecule has 3 rings (SSSR count). The van der Waals surface area contributed by atoms with Gasteiger partial charge in [0.2, 0.25) is 10.0 Å². The molecule has 0 saturated heterocycles. The standard InChI is InChI=1S/C21H28N2O3S/c1-16-8-14-19(15-9-16)27(24,25)23-21-7-5-3-4-6-20(21)22-17-10-12-18(26-2)13-11-17/h8-15,20-23H,3-7H2,1-2H3/t20-,21-/m0/s1. The van der Waals surface area contributed by atoms with Crippen molar-refractivity contribution in [3.8, 4) is 5.75 Å². The van der Waals surface area contributed by atoms with Crippen molar-refractivity contribution in [3.63, 3.8) is 0 Å². The van der Waals surface area contributed by atoms with Crippen molar-refractivity contribution in [2.75, 3.05) is 12.4 Å². The molecule has 27 heavy (non-hydrogen) atoms. The largest absolute Gasteiger partial charge is 0.497 e. The number of nitrogens with one attached hydrogen (secondary N) is 2. The quantitative estimate of drug-likeness (QED) is 0.731. The molecule has 6 heteroatoms.